The average Bonchev–Trinajstić information content (AvgIpc) is 2.33. The molecule has 0 saturated carbocycles. The van der Waals surface area contributed by atoms with Crippen LogP contribution in [0.15, 0.2) is 24.0 Å². The van der Waals surface area contributed by atoms with Gasteiger partial charge in [0.05, 0.1) is 0 Å². The predicted octanol–water partition coefficient (Wildman–Crippen LogP) is 1.75. The minimum absolute atomic E-state index is 0.0509. The van der Waals surface area contributed by atoms with Crippen LogP contribution in [0.1, 0.15) is 40.1 Å². The fraction of sp³-hybridized carbons (Fsp3) is 0.200. The van der Waals surface area contributed by atoms with Crippen molar-refractivity contribution < 1.29 is 28.7 Å². The van der Waals surface area contributed by atoms with Gasteiger partial charge in [0, 0.05) is 31.1 Å². The van der Waals surface area contributed by atoms with Crippen LogP contribution in [0.3, 0.4) is 0 Å². The number of hydrogen-bond donors (Lipinski definition) is 0. The molecule has 108 valence electrons. The first-order chi connectivity index (χ1) is 9.79. The molecule has 0 N–H and O–H groups in total. The lowest BCUT2D eigenvalue weighted by Crippen LogP contribution is -2.21. The second-order valence-corrected chi connectivity index (χ2v) is 4.55. The molecule has 0 saturated heterocycles. The van der Waals surface area contributed by atoms with Crippen LogP contribution in [0, 0.1) is 6.92 Å². The molecule has 1 aliphatic carbocycles. The standard InChI is InChI=1S/C15H12O6/c1-7-4-10(20-8(2)16)5-11-14(7)12(18)6-13(15(11)19)21-9(3)17/h4-6H,1-3H3. The number of ether oxygens (including phenoxy) is 2. The highest BCUT2D eigenvalue weighted by atomic mass is 16.5. The minimum atomic E-state index is -0.696. The van der Waals surface area contributed by atoms with E-state index in [1.807, 2.05) is 0 Å². The summed E-state index contributed by atoms with van der Waals surface area (Å²) in [6, 6.07) is 2.79. The Bertz CT molecular complexity index is 711. The first-order valence-electron chi connectivity index (χ1n) is 6.12. The van der Waals surface area contributed by atoms with Crippen LogP contribution < -0.4 is 4.74 Å². The van der Waals surface area contributed by atoms with Crippen molar-refractivity contribution in [2.75, 3.05) is 0 Å². The number of carbonyl (C=O) groups excluding carboxylic acids is 4. The third-order valence-electron chi connectivity index (χ3n) is 2.80. The van der Waals surface area contributed by atoms with Crippen molar-refractivity contribution in [2.45, 2.75) is 20.8 Å². The Morgan fingerprint density at radius 2 is 1.62 bits per heavy atom. The molecule has 0 bridgehead atoms. The van der Waals surface area contributed by atoms with E-state index in [-0.39, 0.29) is 22.6 Å². The van der Waals surface area contributed by atoms with Crippen molar-refractivity contribution in [1.82, 2.24) is 0 Å². The summed E-state index contributed by atoms with van der Waals surface area (Å²) in [5.74, 6) is -2.45. The highest BCUT2D eigenvalue weighted by Gasteiger charge is 2.30. The highest BCUT2D eigenvalue weighted by molar-refractivity contribution is 6.24. The SMILES string of the molecule is CC(=O)OC1=CC(=O)c2c(C)cc(OC(C)=O)cc2C1=O. The van der Waals surface area contributed by atoms with Gasteiger partial charge in [-0.25, -0.2) is 0 Å². The lowest BCUT2D eigenvalue weighted by atomic mass is 9.90. The van der Waals surface area contributed by atoms with E-state index < -0.39 is 23.5 Å². The summed E-state index contributed by atoms with van der Waals surface area (Å²) in [6.45, 7) is 3.99. The fourth-order valence-electron chi connectivity index (χ4n) is 2.11. The van der Waals surface area contributed by atoms with Crippen molar-refractivity contribution in [3.8, 4) is 5.75 Å². The lowest BCUT2D eigenvalue weighted by molar-refractivity contribution is -0.136. The normalized spacial score (nSPS) is 13.4. The van der Waals surface area contributed by atoms with Gasteiger partial charge >= 0.3 is 11.9 Å². The van der Waals surface area contributed by atoms with E-state index >= 15 is 0 Å². The van der Waals surface area contributed by atoms with Crippen LogP contribution >= 0.6 is 0 Å². The Morgan fingerprint density at radius 1 is 1.00 bits per heavy atom. The number of fused-ring (bicyclic) bond motifs is 1. The number of benzene rings is 1. The molecular formula is C15H12O6. The number of carbonyl (C=O) groups is 4. The molecule has 0 aliphatic heterocycles. The van der Waals surface area contributed by atoms with Gasteiger partial charge in [0.25, 0.3) is 0 Å². The molecule has 0 radical (unpaired) electrons. The number of aryl methyl sites for hydroxylation is 1. The van der Waals surface area contributed by atoms with E-state index in [0.29, 0.717) is 5.56 Å². The number of rotatable bonds is 2. The second-order valence-electron chi connectivity index (χ2n) is 4.55. The highest BCUT2D eigenvalue weighted by Crippen LogP contribution is 2.29. The lowest BCUT2D eigenvalue weighted by Gasteiger charge is -2.17. The molecule has 6 heteroatoms. The summed E-state index contributed by atoms with van der Waals surface area (Å²) in [6.07, 6.45) is 0.991. The number of hydrogen-bond acceptors (Lipinski definition) is 6. The Hall–Kier alpha value is -2.76. The van der Waals surface area contributed by atoms with E-state index in [9.17, 15) is 19.2 Å². The van der Waals surface area contributed by atoms with Crippen molar-refractivity contribution in [3.63, 3.8) is 0 Å². The van der Waals surface area contributed by atoms with Crippen LogP contribution in [0.25, 0.3) is 0 Å². The quantitative estimate of drug-likeness (QED) is 0.608. The summed E-state index contributed by atoms with van der Waals surface area (Å²) in [5.41, 5.74) is 0.766. The van der Waals surface area contributed by atoms with Gasteiger partial charge in [0.15, 0.2) is 11.5 Å². The molecule has 0 heterocycles. The number of ketones is 2. The van der Waals surface area contributed by atoms with Crippen LogP contribution in [-0.4, -0.2) is 23.5 Å². The van der Waals surface area contributed by atoms with Gasteiger partial charge in [-0.15, -0.1) is 0 Å². The zero-order chi connectivity index (χ0) is 15.7. The number of esters is 2. The topological polar surface area (TPSA) is 86.7 Å². The molecule has 2 rings (SSSR count). The van der Waals surface area contributed by atoms with Crippen molar-refractivity contribution in [3.05, 3.63) is 40.7 Å². The zero-order valence-electron chi connectivity index (χ0n) is 11.7. The van der Waals surface area contributed by atoms with Crippen LogP contribution in [0.2, 0.25) is 0 Å². The van der Waals surface area contributed by atoms with Crippen LogP contribution in [0.5, 0.6) is 5.75 Å². The monoisotopic (exact) mass is 288 g/mol. The Morgan fingerprint density at radius 3 is 2.19 bits per heavy atom. The van der Waals surface area contributed by atoms with Crippen LogP contribution in [-0.2, 0) is 14.3 Å². The summed E-state index contributed by atoms with van der Waals surface area (Å²) in [4.78, 5) is 46.3. The van der Waals surface area contributed by atoms with Gasteiger partial charge in [-0.3, -0.25) is 19.2 Å². The fourth-order valence-corrected chi connectivity index (χ4v) is 2.11. The maximum atomic E-state index is 12.2. The third-order valence-corrected chi connectivity index (χ3v) is 2.80. The van der Waals surface area contributed by atoms with Gasteiger partial charge < -0.3 is 9.47 Å². The van der Waals surface area contributed by atoms with E-state index in [4.69, 9.17) is 9.47 Å². The van der Waals surface area contributed by atoms with Gasteiger partial charge in [0.1, 0.15) is 5.75 Å². The first kappa shape index (κ1) is 14.6. The molecular weight excluding hydrogens is 276 g/mol. The Balaban J connectivity index is 2.53. The molecule has 1 aliphatic rings. The molecule has 0 unspecified atom stereocenters. The molecule has 0 atom stereocenters. The summed E-state index contributed by atoms with van der Waals surface area (Å²) >= 11 is 0. The van der Waals surface area contributed by atoms with Gasteiger partial charge in [-0.1, -0.05) is 0 Å². The van der Waals surface area contributed by atoms with Crippen LogP contribution in [0.4, 0.5) is 0 Å². The van der Waals surface area contributed by atoms with E-state index in [2.05, 4.69) is 0 Å². The number of Topliss-reactive ketones (excluding diaryl/α,β-unsaturated/α-hetero) is 1. The predicted molar refractivity (Wildman–Crippen MR) is 71.0 cm³/mol. The molecule has 1 aromatic carbocycles. The van der Waals surface area contributed by atoms with E-state index in [0.717, 1.165) is 13.0 Å². The largest absolute Gasteiger partial charge is 0.427 e. The number of allylic oxidation sites excluding steroid dienone is 2. The van der Waals surface area contributed by atoms with E-state index in [1.54, 1.807) is 6.92 Å². The van der Waals surface area contributed by atoms with Crippen molar-refractivity contribution in [2.24, 2.45) is 0 Å². The third kappa shape index (κ3) is 2.89. The van der Waals surface area contributed by atoms with Crippen molar-refractivity contribution >= 4 is 23.5 Å². The molecule has 1 aromatic rings. The minimum Gasteiger partial charge on any atom is -0.427 e. The van der Waals surface area contributed by atoms with Gasteiger partial charge in [-0.2, -0.15) is 0 Å². The average molecular weight is 288 g/mol. The smallest absolute Gasteiger partial charge is 0.308 e. The molecule has 0 fully saturated rings. The Labute approximate surface area is 120 Å². The van der Waals surface area contributed by atoms with Gasteiger partial charge in [0.2, 0.25) is 5.78 Å². The first-order valence-corrected chi connectivity index (χ1v) is 6.12. The molecule has 0 amide bonds. The summed E-state index contributed by atoms with van der Waals surface area (Å²) in [7, 11) is 0. The van der Waals surface area contributed by atoms with Crippen molar-refractivity contribution in [1.29, 1.82) is 0 Å². The molecule has 21 heavy (non-hydrogen) atoms. The maximum Gasteiger partial charge on any atom is 0.308 e. The summed E-state index contributed by atoms with van der Waals surface area (Å²) < 4.78 is 9.67. The van der Waals surface area contributed by atoms with Gasteiger partial charge in [-0.05, 0) is 24.6 Å². The maximum absolute atomic E-state index is 12.2. The summed E-state index contributed by atoms with van der Waals surface area (Å²) in [5, 5.41) is 0. The molecule has 0 aromatic heterocycles. The van der Waals surface area contributed by atoms with E-state index in [1.165, 1.54) is 19.1 Å². The second kappa shape index (κ2) is 5.32. The Kier molecular flexibility index (Phi) is 3.71. The molecule has 0 spiro atoms. The zero-order valence-corrected chi connectivity index (χ0v) is 11.7. The molecule has 6 nitrogen and oxygen atoms in total.